The van der Waals surface area contributed by atoms with Crippen LogP contribution in [0.1, 0.15) is 167 Å². The van der Waals surface area contributed by atoms with Crippen molar-refractivity contribution in [1.82, 2.24) is 0 Å². The van der Waals surface area contributed by atoms with Crippen molar-refractivity contribution in [2.45, 2.75) is 158 Å². The molecule has 0 spiro atoms. The molecule has 47 heavy (non-hydrogen) atoms. The number of benzene rings is 2. The predicted molar refractivity (Wildman–Crippen MR) is 215 cm³/mol. The third kappa shape index (κ3) is 19.5. The molecule has 0 N–H and O–H groups in total. The number of aliphatic imine (C=N–C) groups is 1. The summed E-state index contributed by atoms with van der Waals surface area (Å²) < 4.78 is 0. The van der Waals surface area contributed by atoms with E-state index in [0.717, 1.165) is 30.0 Å². The second-order valence-electron chi connectivity index (χ2n) is 14.0. The maximum Gasteiger partial charge on any atom is 0.0616 e. The molecule has 4 rings (SSSR count). The molecule has 1 atom stereocenters. The molecule has 0 saturated heterocycles. The van der Waals surface area contributed by atoms with Crippen LogP contribution in [0, 0.1) is 12.8 Å². The largest absolute Gasteiger partial charge is 0.257 e. The molecule has 1 heteroatoms. The second-order valence-corrected chi connectivity index (χ2v) is 14.0. The Morgan fingerprint density at radius 2 is 1.47 bits per heavy atom. The molecule has 1 saturated carbocycles. The molecule has 0 amide bonds. The average molecular weight is 638 g/mol. The van der Waals surface area contributed by atoms with Gasteiger partial charge in [0.2, 0.25) is 0 Å². The number of nitrogens with zero attached hydrogens (tertiary/aromatic N) is 1. The molecule has 1 aliphatic heterocycles. The summed E-state index contributed by atoms with van der Waals surface area (Å²) in [5, 5.41) is 0. The molecule has 0 bridgehead atoms. The third-order valence-corrected chi connectivity index (χ3v) is 8.80. The van der Waals surface area contributed by atoms with Crippen LogP contribution in [0.25, 0.3) is 5.57 Å². The molecule has 2 aliphatic rings. The Labute approximate surface area is 292 Å². The Bertz CT molecular complexity index is 1230. The molecule has 2 aromatic rings. The first kappa shape index (κ1) is 42.1. The quantitative estimate of drug-likeness (QED) is 0.128. The van der Waals surface area contributed by atoms with E-state index in [2.05, 4.69) is 128 Å². The lowest BCUT2D eigenvalue weighted by molar-refractivity contribution is 0.665. The first-order valence-corrected chi connectivity index (χ1v) is 19.0. The summed E-state index contributed by atoms with van der Waals surface area (Å²) in [5.41, 5.74) is 11.8. The summed E-state index contributed by atoms with van der Waals surface area (Å²) in [6.07, 6.45) is 21.1. The van der Waals surface area contributed by atoms with E-state index in [-0.39, 0.29) is 0 Å². The van der Waals surface area contributed by atoms with Crippen LogP contribution >= 0.6 is 0 Å². The van der Waals surface area contributed by atoms with Crippen LogP contribution in [0.15, 0.2) is 96.2 Å². The smallest absolute Gasteiger partial charge is 0.0616 e. The van der Waals surface area contributed by atoms with Gasteiger partial charge in [0.05, 0.1) is 5.70 Å². The lowest BCUT2D eigenvalue weighted by Crippen LogP contribution is -1.94. The highest BCUT2D eigenvalue weighted by molar-refractivity contribution is 5.93. The van der Waals surface area contributed by atoms with Gasteiger partial charge in [0.15, 0.2) is 0 Å². The van der Waals surface area contributed by atoms with Gasteiger partial charge < -0.3 is 0 Å². The van der Waals surface area contributed by atoms with E-state index >= 15 is 0 Å². The number of unbranched alkanes of at least 4 members (excludes halogenated alkanes) is 4. The lowest BCUT2D eigenvalue weighted by Gasteiger charge is -2.12. The van der Waals surface area contributed by atoms with Crippen LogP contribution in [0.4, 0.5) is 0 Å². The van der Waals surface area contributed by atoms with Gasteiger partial charge in [-0.1, -0.05) is 146 Å². The minimum Gasteiger partial charge on any atom is -0.257 e. The summed E-state index contributed by atoms with van der Waals surface area (Å²) in [6, 6.07) is 17.8. The van der Waals surface area contributed by atoms with E-state index < -0.39 is 0 Å². The zero-order valence-electron chi connectivity index (χ0n) is 32.0. The highest BCUT2D eigenvalue weighted by Crippen LogP contribution is 2.35. The molecular formula is C46H71N. The van der Waals surface area contributed by atoms with Gasteiger partial charge in [0.1, 0.15) is 0 Å². The molecule has 1 nitrogen and oxygen atoms in total. The number of hydrogen-bond acceptors (Lipinski definition) is 1. The normalized spacial score (nSPS) is 13.8. The second kappa shape index (κ2) is 25.1. The standard InChI is InChI=1S/C18H28.C11H16.C10H13N.C7H14/c1-5-7-8-10-16(4)18-13-11-17(12-14-18)15(3)9-6-2;1-3-4-7-11-8-5-6-10(2)9-11;1-7(2)9-5-6-10(11-9)8-3-4-8;1-4-5-6-7(2)3/h11-15H,4-10H2,1-3H3;5-6,8-9H,3-4,7H2,1-2H3;5,8H,1,3-4,6H2,2H3;2,4-6H2,1,3H3. The fourth-order valence-corrected chi connectivity index (χ4v) is 5.50. The van der Waals surface area contributed by atoms with Crippen molar-refractivity contribution in [3.05, 3.63) is 113 Å². The van der Waals surface area contributed by atoms with Crippen molar-refractivity contribution in [1.29, 1.82) is 0 Å². The van der Waals surface area contributed by atoms with E-state index in [0.29, 0.717) is 5.92 Å². The van der Waals surface area contributed by atoms with E-state index in [9.17, 15) is 0 Å². The maximum atomic E-state index is 4.53. The molecule has 1 aliphatic carbocycles. The van der Waals surface area contributed by atoms with Gasteiger partial charge in [-0.05, 0) is 118 Å². The monoisotopic (exact) mass is 638 g/mol. The zero-order valence-corrected chi connectivity index (χ0v) is 32.0. The zero-order chi connectivity index (χ0) is 35.0. The highest BCUT2D eigenvalue weighted by atomic mass is 14.8. The highest BCUT2D eigenvalue weighted by Gasteiger charge is 2.28. The summed E-state index contributed by atoms with van der Waals surface area (Å²) in [7, 11) is 0. The van der Waals surface area contributed by atoms with Crippen molar-refractivity contribution >= 4 is 11.3 Å². The third-order valence-electron chi connectivity index (χ3n) is 8.80. The summed E-state index contributed by atoms with van der Waals surface area (Å²) >= 11 is 0. The number of aryl methyl sites for hydroxylation is 2. The fraction of sp³-hybridized carbons (Fsp3) is 0.543. The van der Waals surface area contributed by atoms with Gasteiger partial charge in [-0.3, -0.25) is 4.99 Å². The van der Waals surface area contributed by atoms with Gasteiger partial charge in [-0.15, -0.1) is 6.58 Å². The van der Waals surface area contributed by atoms with Gasteiger partial charge in [0, 0.05) is 12.1 Å². The van der Waals surface area contributed by atoms with E-state index in [1.165, 1.54) is 123 Å². The Morgan fingerprint density at radius 1 is 0.809 bits per heavy atom. The molecule has 2 aromatic carbocycles. The molecule has 0 radical (unpaired) electrons. The maximum absolute atomic E-state index is 4.53. The van der Waals surface area contributed by atoms with Gasteiger partial charge in [0.25, 0.3) is 0 Å². The molecule has 260 valence electrons. The Morgan fingerprint density at radius 3 is 1.96 bits per heavy atom. The molecule has 1 heterocycles. The van der Waals surface area contributed by atoms with E-state index in [4.69, 9.17) is 0 Å². The first-order chi connectivity index (χ1) is 22.6. The topological polar surface area (TPSA) is 12.4 Å². The SMILES string of the molecule is C=C(C)C1=CCC(C2CC2)=N1.C=C(C)CCCC.C=C(CCCCC)c1ccc(C(C)CCC)cc1.CCCCc1cccc(C)c1. The van der Waals surface area contributed by atoms with Crippen LogP contribution in [0.2, 0.25) is 0 Å². The Hall–Kier alpha value is -2.93. The number of hydrogen-bond donors (Lipinski definition) is 0. The Kier molecular flexibility index (Phi) is 22.5. The average Bonchev–Trinajstić information content (AvgIpc) is 3.79. The van der Waals surface area contributed by atoms with Crippen molar-refractivity contribution in [3.63, 3.8) is 0 Å². The van der Waals surface area contributed by atoms with Crippen LogP contribution in [0.3, 0.4) is 0 Å². The lowest BCUT2D eigenvalue weighted by atomic mass is 9.93. The fourth-order valence-electron chi connectivity index (χ4n) is 5.50. The summed E-state index contributed by atoms with van der Waals surface area (Å²) in [5.74, 6) is 1.50. The minimum absolute atomic E-state index is 0.678. The van der Waals surface area contributed by atoms with Gasteiger partial charge in [-0.25, -0.2) is 0 Å². The van der Waals surface area contributed by atoms with Gasteiger partial charge >= 0.3 is 0 Å². The van der Waals surface area contributed by atoms with Crippen molar-refractivity contribution < 1.29 is 0 Å². The van der Waals surface area contributed by atoms with E-state index in [1.807, 2.05) is 6.92 Å². The van der Waals surface area contributed by atoms with Gasteiger partial charge in [-0.2, -0.15) is 0 Å². The van der Waals surface area contributed by atoms with Crippen LogP contribution < -0.4 is 0 Å². The summed E-state index contributed by atoms with van der Waals surface area (Å²) in [6.45, 7) is 29.4. The number of rotatable bonds is 16. The van der Waals surface area contributed by atoms with Crippen LogP contribution in [-0.2, 0) is 6.42 Å². The molecular weight excluding hydrogens is 567 g/mol. The molecule has 1 unspecified atom stereocenters. The van der Waals surface area contributed by atoms with Crippen molar-refractivity contribution in [2.75, 3.05) is 0 Å². The minimum atomic E-state index is 0.678. The first-order valence-electron chi connectivity index (χ1n) is 19.0. The van der Waals surface area contributed by atoms with E-state index in [1.54, 1.807) is 0 Å². The predicted octanol–water partition coefficient (Wildman–Crippen LogP) is 15.0. The molecule has 1 fully saturated rings. The number of allylic oxidation sites excluding steroid dienone is 4. The van der Waals surface area contributed by atoms with Crippen LogP contribution in [-0.4, -0.2) is 5.71 Å². The Balaban J connectivity index is 0.000000331. The van der Waals surface area contributed by atoms with Crippen molar-refractivity contribution in [2.24, 2.45) is 10.9 Å². The molecule has 0 aromatic heterocycles. The van der Waals surface area contributed by atoms with Crippen LogP contribution in [0.5, 0.6) is 0 Å². The summed E-state index contributed by atoms with van der Waals surface area (Å²) in [4.78, 5) is 4.53. The van der Waals surface area contributed by atoms with Crippen molar-refractivity contribution in [3.8, 4) is 0 Å².